The molecular formula is C16H22N2O. The van der Waals surface area contributed by atoms with Crippen molar-refractivity contribution in [2.24, 2.45) is 5.92 Å². The Morgan fingerprint density at radius 3 is 3.05 bits per heavy atom. The molecule has 0 radical (unpaired) electrons. The fraction of sp³-hybridized carbons (Fsp3) is 0.562. The highest BCUT2D eigenvalue weighted by Gasteiger charge is 2.61. The predicted octanol–water partition coefficient (Wildman–Crippen LogP) is 1.61. The molecule has 1 spiro atoms. The van der Waals surface area contributed by atoms with Crippen molar-refractivity contribution >= 4 is 5.91 Å². The van der Waals surface area contributed by atoms with Gasteiger partial charge < -0.3 is 10.6 Å². The maximum atomic E-state index is 12.3. The number of carbonyl (C=O) groups is 1. The van der Waals surface area contributed by atoms with Crippen molar-refractivity contribution < 1.29 is 4.79 Å². The van der Waals surface area contributed by atoms with E-state index in [1.165, 1.54) is 11.1 Å². The highest BCUT2D eigenvalue weighted by Crippen LogP contribution is 2.61. The molecule has 2 N–H and O–H groups in total. The fourth-order valence-corrected chi connectivity index (χ4v) is 3.42. The maximum absolute atomic E-state index is 12.3. The quantitative estimate of drug-likeness (QED) is 0.861. The van der Waals surface area contributed by atoms with Gasteiger partial charge in [0.2, 0.25) is 5.91 Å². The molecule has 1 aromatic carbocycles. The van der Waals surface area contributed by atoms with E-state index in [1.807, 2.05) is 7.05 Å². The van der Waals surface area contributed by atoms with E-state index in [2.05, 4.69) is 41.8 Å². The normalized spacial score (nSPS) is 29.1. The predicted molar refractivity (Wildman–Crippen MR) is 76.1 cm³/mol. The minimum atomic E-state index is 0.170. The zero-order valence-electron chi connectivity index (χ0n) is 11.7. The Bertz CT molecular complexity index is 499. The number of hydrogen-bond acceptors (Lipinski definition) is 2. The van der Waals surface area contributed by atoms with Crippen LogP contribution in [-0.4, -0.2) is 25.5 Å². The summed E-state index contributed by atoms with van der Waals surface area (Å²) in [6.45, 7) is 2.79. The van der Waals surface area contributed by atoms with Crippen LogP contribution in [0.25, 0.3) is 0 Å². The van der Waals surface area contributed by atoms with E-state index in [-0.39, 0.29) is 17.2 Å². The van der Waals surface area contributed by atoms with Crippen LogP contribution in [-0.2, 0) is 16.6 Å². The third-order valence-electron chi connectivity index (χ3n) is 4.86. The lowest BCUT2D eigenvalue weighted by molar-refractivity contribution is -0.122. The number of nitrogens with one attached hydrogen (secondary N) is 2. The van der Waals surface area contributed by atoms with Crippen LogP contribution in [0.1, 0.15) is 30.9 Å². The van der Waals surface area contributed by atoms with E-state index in [1.54, 1.807) is 0 Å². The lowest BCUT2D eigenvalue weighted by Gasteiger charge is -2.14. The molecule has 3 atom stereocenters. The summed E-state index contributed by atoms with van der Waals surface area (Å²) in [5.41, 5.74) is 3.04. The van der Waals surface area contributed by atoms with Crippen LogP contribution in [0.2, 0.25) is 0 Å². The third kappa shape index (κ3) is 2.06. The number of amides is 1. The molecule has 0 aromatic heterocycles. The van der Waals surface area contributed by atoms with Crippen molar-refractivity contribution in [3.8, 4) is 0 Å². The van der Waals surface area contributed by atoms with E-state index < -0.39 is 0 Å². The van der Waals surface area contributed by atoms with Gasteiger partial charge in [-0.25, -0.2) is 0 Å². The molecule has 0 saturated heterocycles. The number of benzene rings is 1. The molecule has 0 aliphatic heterocycles. The van der Waals surface area contributed by atoms with Gasteiger partial charge in [0.1, 0.15) is 0 Å². The minimum absolute atomic E-state index is 0.170. The van der Waals surface area contributed by atoms with Gasteiger partial charge >= 0.3 is 0 Å². The summed E-state index contributed by atoms with van der Waals surface area (Å²) >= 11 is 0. The summed E-state index contributed by atoms with van der Waals surface area (Å²) in [6.07, 6.45) is 3.31. The third-order valence-corrected chi connectivity index (χ3v) is 4.86. The highest BCUT2D eigenvalue weighted by atomic mass is 16.2. The summed E-state index contributed by atoms with van der Waals surface area (Å²) in [5.74, 6) is 0.430. The average Bonchev–Trinajstić information content (AvgIpc) is 3.06. The van der Waals surface area contributed by atoms with Crippen LogP contribution in [0.3, 0.4) is 0 Å². The van der Waals surface area contributed by atoms with Gasteiger partial charge in [-0.05, 0) is 44.4 Å². The van der Waals surface area contributed by atoms with Gasteiger partial charge in [-0.3, -0.25) is 4.79 Å². The Labute approximate surface area is 114 Å². The molecule has 1 saturated carbocycles. The number of aryl methyl sites for hydroxylation is 1. The number of rotatable bonds is 4. The van der Waals surface area contributed by atoms with Crippen molar-refractivity contribution in [2.45, 2.75) is 37.6 Å². The zero-order chi connectivity index (χ0) is 13.5. The van der Waals surface area contributed by atoms with Gasteiger partial charge in [-0.15, -0.1) is 0 Å². The molecule has 102 valence electrons. The van der Waals surface area contributed by atoms with Crippen LogP contribution in [0.15, 0.2) is 24.3 Å². The van der Waals surface area contributed by atoms with Gasteiger partial charge in [-0.1, -0.05) is 24.3 Å². The van der Waals surface area contributed by atoms with Crippen molar-refractivity contribution in [1.29, 1.82) is 0 Å². The molecule has 3 heteroatoms. The Morgan fingerprint density at radius 2 is 2.26 bits per heavy atom. The SMILES string of the molecule is CNC(C)CNC(=O)C1CC12CCc1ccccc12. The standard InChI is InChI=1S/C16H22N2O/c1-11(17-2)10-18-15(19)14-9-16(14)8-7-12-5-3-4-6-13(12)16/h3-6,11,14,17H,7-10H2,1-2H3,(H,18,19). The summed E-state index contributed by atoms with van der Waals surface area (Å²) < 4.78 is 0. The zero-order valence-corrected chi connectivity index (χ0v) is 11.7. The van der Waals surface area contributed by atoms with Gasteiger partial charge in [0.05, 0.1) is 0 Å². The molecule has 0 heterocycles. The number of carbonyl (C=O) groups excluding carboxylic acids is 1. The summed E-state index contributed by atoms with van der Waals surface area (Å²) in [4.78, 5) is 12.3. The van der Waals surface area contributed by atoms with E-state index in [9.17, 15) is 4.79 Å². The second-order valence-corrected chi connectivity index (χ2v) is 6.00. The summed E-state index contributed by atoms with van der Waals surface area (Å²) in [5, 5.41) is 6.22. The Morgan fingerprint density at radius 1 is 1.47 bits per heavy atom. The lowest BCUT2D eigenvalue weighted by atomic mass is 9.95. The van der Waals surface area contributed by atoms with Crippen LogP contribution in [0.4, 0.5) is 0 Å². The molecule has 0 bridgehead atoms. The molecule has 2 aliphatic carbocycles. The number of hydrogen-bond donors (Lipinski definition) is 2. The molecule has 3 rings (SSSR count). The lowest BCUT2D eigenvalue weighted by Crippen LogP contribution is -2.38. The average molecular weight is 258 g/mol. The van der Waals surface area contributed by atoms with Crippen LogP contribution in [0, 0.1) is 5.92 Å². The van der Waals surface area contributed by atoms with E-state index >= 15 is 0 Å². The van der Waals surface area contributed by atoms with E-state index in [0.29, 0.717) is 12.6 Å². The Hall–Kier alpha value is -1.35. The van der Waals surface area contributed by atoms with E-state index in [4.69, 9.17) is 0 Å². The molecular weight excluding hydrogens is 236 g/mol. The van der Waals surface area contributed by atoms with Gasteiger partial charge in [0.15, 0.2) is 0 Å². The van der Waals surface area contributed by atoms with Crippen LogP contribution >= 0.6 is 0 Å². The first kappa shape index (κ1) is 12.7. The maximum Gasteiger partial charge on any atom is 0.224 e. The molecule has 1 amide bonds. The first-order valence-corrected chi connectivity index (χ1v) is 7.21. The van der Waals surface area contributed by atoms with Gasteiger partial charge in [0, 0.05) is 23.9 Å². The smallest absolute Gasteiger partial charge is 0.224 e. The fourth-order valence-electron chi connectivity index (χ4n) is 3.42. The molecule has 3 unspecified atom stereocenters. The minimum Gasteiger partial charge on any atom is -0.354 e. The first-order valence-electron chi connectivity index (χ1n) is 7.21. The molecule has 19 heavy (non-hydrogen) atoms. The van der Waals surface area contributed by atoms with Crippen molar-refractivity contribution in [1.82, 2.24) is 10.6 Å². The number of likely N-dealkylation sites (N-methyl/N-ethyl adjacent to an activating group) is 1. The van der Waals surface area contributed by atoms with Crippen LogP contribution in [0.5, 0.6) is 0 Å². The largest absolute Gasteiger partial charge is 0.354 e. The monoisotopic (exact) mass is 258 g/mol. The van der Waals surface area contributed by atoms with Gasteiger partial charge in [0.25, 0.3) is 0 Å². The van der Waals surface area contributed by atoms with Gasteiger partial charge in [-0.2, -0.15) is 0 Å². The number of fused-ring (bicyclic) bond motifs is 2. The topological polar surface area (TPSA) is 41.1 Å². The van der Waals surface area contributed by atoms with E-state index in [0.717, 1.165) is 19.3 Å². The highest BCUT2D eigenvalue weighted by molar-refractivity contribution is 5.85. The van der Waals surface area contributed by atoms with Crippen molar-refractivity contribution in [3.63, 3.8) is 0 Å². The summed E-state index contributed by atoms with van der Waals surface area (Å²) in [6, 6.07) is 8.95. The molecule has 1 aromatic rings. The summed E-state index contributed by atoms with van der Waals surface area (Å²) in [7, 11) is 1.92. The second kappa shape index (κ2) is 4.64. The second-order valence-electron chi connectivity index (χ2n) is 6.00. The molecule has 3 nitrogen and oxygen atoms in total. The van der Waals surface area contributed by atoms with Crippen LogP contribution < -0.4 is 10.6 Å². The van der Waals surface area contributed by atoms with Crippen molar-refractivity contribution in [2.75, 3.05) is 13.6 Å². The molecule has 1 fully saturated rings. The Balaban J connectivity index is 1.67. The molecule has 2 aliphatic rings. The Kier molecular flexibility index (Phi) is 3.09. The van der Waals surface area contributed by atoms with Crippen molar-refractivity contribution in [3.05, 3.63) is 35.4 Å². The first-order chi connectivity index (χ1) is 9.17.